The van der Waals surface area contributed by atoms with E-state index in [1.54, 1.807) is 12.1 Å². The summed E-state index contributed by atoms with van der Waals surface area (Å²) in [5, 5.41) is 1.66. The fourth-order valence-electron chi connectivity index (χ4n) is 1.41. The summed E-state index contributed by atoms with van der Waals surface area (Å²) >= 11 is 17.8. The van der Waals surface area contributed by atoms with Crippen LogP contribution in [0.1, 0.15) is 24.8 Å². The Balaban J connectivity index is 2.57. The second-order valence-corrected chi connectivity index (χ2v) is 4.77. The molecule has 0 spiro atoms. The monoisotopic (exact) mass is 279 g/mol. The van der Waals surface area contributed by atoms with Crippen molar-refractivity contribution in [3.8, 4) is 0 Å². The molecule has 0 aliphatic carbocycles. The van der Waals surface area contributed by atoms with E-state index in [2.05, 4.69) is 0 Å². The maximum Gasteiger partial charge on any atom is 0.217 e. The highest BCUT2D eigenvalue weighted by Gasteiger charge is 2.07. The Morgan fingerprint density at radius 1 is 1.12 bits per heavy atom. The molecule has 2 N–H and O–H groups in total. The van der Waals surface area contributed by atoms with Crippen LogP contribution in [0.25, 0.3) is 0 Å². The first-order chi connectivity index (χ1) is 7.50. The zero-order valence-electron chi connectivity index (χ0n) is 8.60. The van der Waals surface area contributed by atoms with Gasteiger partial charge in [-0.3, -0.25) is 4.79 Å². The molecule has 1 aromatic carbocycles. The Morgan fingerprint density at radius 2 is 1.69 bits per heavy atom. The Hall–Kier alpha value is -0.440. The smallest absolute Gasteiger partial charge is 0.217 e. The highest BCUT2D eigenvalue weighted by atomic mass is 35.5. The van der Waals surface area contributed by atoms with Crippen LogP contribution in [-0.4, -0.2) is 5.91 Å². The average Bonchev–Trinajstić information content (AvgIpc) is 2.14. The lowest BCUT2D eigenvalue weighted by atomic mass is 10.1. The third-order valence-corrected chi connectivity index (χ3v) is 3.10. The summed E-state index contributed by atoms with van der Waals surface area (Å²) in [6.07, 6.45) is 2.68. The standard InChI is InChI=1S/C11H12Cl3NO/c12-7-5-9(13)8(10(14)6-7)3-1-2-4-11(15)16/h5-6H,1-4H2,(H2,15,16). The minimum Gasteiger partial charge on any atom is -0.370 e. The molecule has 88 valence electrons. The number of nitrogens with two attached hydrogens (primary N) is 1. The molecule has 1 amide bonds. The number of hydrogen-bond donors (Lipinski definition) is 1. The van der Waals surface area contributed by atoms with E-state index >= 15 is 0 Å². The van der Waals surface area contributed by atoms with Crippen molar-refractivity contribution >= 4 is 40.7 Å². The van der Waals surface area contributed by atoms with Gasteiger partial charge in [-0.2, -0.15) is 0 Å². The Morgan fingerprint density at radius 3 is 2.19 bits per heavy atom. The quantitative estimate of drug-likeness (QED) is 0.818. The summed E-state index contributed by atoms with van der Waals surface area (Å²) in [6.45, 7) is 0. The van der Waals surface area contributed by atoms with Crippen LogP contribution >= 0.6 is 34.8 Å². The molecule has 0 aliphatic heterocycles. The van der Waals surface area contributed by atoms with Crippen molar-refractivity contribution in [2.75, 3.05) is 0 Å². The van der Waals surface area contributed by atoms with E-state index in [9.17, 15) is 4.79 Å². The van der Waals surface area contributed by atoms with E-state index in [4.69, 9.17) is 40.5 Å². The third-order valence-electron chi connectivity index (χ3n) is 2.21. The van der Waals surface area contributed by atoms with Gasteiger partial charge in [0.05, 0.1) is 0 Å². The lowest BCUT2D eigenvalue weighted by molar-refractivity contribution is -0.118. The summed E-state index contributed by atoms with van der Waals surface area (Å²) in [6, 6.07) is 3.33. The zero-order valence-corrected chi connectivity index (χ0v) is 10.9. The minimum absolute atomic E-state index is 0.284. The second kappa shape index (κ2) is 6.33. The number of primary amides is 1. The summed E-state index contributed by atoms with van der Waals surface area (Å²) in [5.41, 5.74) is 5.92. The van der Waals surface area contributed by atoms with Gasteiger partial charge in [0.15, 0.2) is 0 Å². The van der Waals surface area contributed by atoms with E-state index in [1.165, 1.54) is 0 Å². The molecule has 1 aromatic rings. The SMILES string of the molecule is NC(=O)CCCCc1c(Cl)cc(Cl)cc1Cl. The lowest BCUT2D eigenvalue weighted by Gasteiger charge is -2.07. The number of amides is 1. The highest BCUT2D eigenvalue weighted by Crippen LogP contribution is 2.30. The first-order valence-electron chi connectivity index (χ1n) is 4.92. The van der Waals surface area contributed by atoms with Crippen LogP contribution in [0.4, 0.5) is 0 Å². The number of rotatable bonds is 5. The fraction of sp³-hybridized carbons (Fsp3) is 0.364. The largest absolute Gasteiger partial charge is 0.370 e. The van der Waals surface area contributed by atoms with Crippen LogP contribution in [0.3, 0.4) is 0 Å². The Bertz CT molecular complexity index is 370. The van der Waals surface area contributed by atoms with Gasteiger partial charge in [-0.25, -0.2) is 0 Å². The van der Waals surface area contributed by atoms with Gasteiger partial charge in [0, 0.05) is 21.5 Å². The molecule has 0 aromatic heterocycles. The third kappa shape index (κ3) is 4.20. The van der Waals surface area contributed by atoms with Crippen molar-refractivity contribution in [1.82, 2.24) is 0 Å². The predicted molar refractivity (Wildman–Crippen MR) is 68.2 cm³/mol. The molecule has 5 heteroatoms. The highest BCUT2D eigenvalue weighted by molar-refractivity contribution is 6.39. The molecule has 0 radical (unpaired) electrons. The fourth-order valence-corrected chi connectivity index (χ4v) is 2.42. The molecule has 0 fully saturated rings. The van der Waals surface area contributed by atoms with Crippen molar-refractivity contribution in [3.05, 3.63) is 32.8 Å². The maximum atomic E-state index is 10.5. The van der Waals surface area contributed by atoms with Gasteiger partial charge in [-0.05, 0) is 37.0 Å². The number of carbonyl (C=O) groups is 1. The number of benzene rings is 1. The molecular formula is C11H12Cl3NO. The first-order valence-corrected chi connectivity index (χ1v) is 6.06. The Kier molecular flexibility index (Phi) is 5.39. The number of hydrogen-bond acceptors (Lipinski definition) is 1. The van der Waals surface area contributed by atoms with Crippen LogP contribution in [0, 0.1) is 0 Å². The van der Waals surface area contributed by atoms with Crippen molar-refractivity contribution in [2.24, 2.45) is 5.73 Å². The van der Waals surface area contributed by atoms with Gasteiger partial charge in [0.2, 0.25) is 5.91 Å². The molecule has 0 bridgehead atoms. The zero-order chi connectivity index (χ0) is 12.1. The normalized spacial score (nSPS) is 10.4. The summed E-state index contributed by atoms with van der Waals surface area (Å²) in [7, 11) is 0. The lowest BCUT2D eigenvalue weighted by Crippen LogP contribution is -2.09. The van der Waals surface area contributed by atoms with Crippen molar-refractivity contribution in [2.45, 2.75) is 25.7 Å². The van der Waals surface area contributed by atoms with E-state index in [1.807, 2.05) is 0 Å². The van der Waals surface area contributed by atoms with Gasteiger partial charge in [-0.1, -0.05) is 34.8 Å². The summed E-state index contributed by atoms with van der Waals surface area (Å²) < 4.78 is 0. The number of unbranched alkanes of at least 4 members (excludes halogenated alkanes) is 1. The molecule has 0 unspecified atom stereocenters. The molecule has 0 aliphatic rings. The summed E-state index contributed by atoms with van der Waals surface area (Å²) in [4.78, 5) is 10.5. The van der Waals surface area contributed by atoms with E-state index in [0.29, 0.717) is 21.5 Å². The van der Waals surface area contributed by atoms with Crippen LogP contribution in [-0.2, 0) is 11.2 Å². The molecule has 0 saturated heterocycles. The van der Waals surface area contributed by atoms with E-state index in [0.717, 1.165) is 24.8 Å². The van der Waals surface area contributed by atoms with E-state index < -0.39 is 0 Å². The van der Waals surface area contributed by atoms with Crippen LogP contribution in [0.2, 0.25) is 15.1 Å². The van der Waals surface area contributed by atoms with E-state index in [-0.39, 0.29) is 5.91 Å². The molecule has 0 heterocycles. The van der Waals surface area contributed by atoms with Gasteiger partial charge >= 0.3 is 0 Å². The van der Waals surface area contributed by atoms with Gasteiger partial charge in [-0.15, -0.1) is 0 Å². The van der Waals surface area contributed by atoms with Gasteiger partial charge < -0.3 is 5.73 Å². The minimum atomic E-state index is -0.284. The summed E-state index contributed by atoms with van der Waals surface area (Å²) in [5.74, 6) is -0.284. The molecule has 0 atom stereocenters. The second-order valence-electron chi connectivity index (χ2n) is 3.52. The average molecular weight is 281 g/mol. The Labute approximate surface area is 110 Å². The number of halogens is 3. The molecule has 1 rings (SSSR count). The number of carbonyl (C=O) groups excluding carboxylic acids is 1. The van der Waals surface area contributed by atoms with Crippen molar-refractivity contribution in [1.29, 1.82) is 0 Å². The molecule has 0 saturated carbocycles. The van der Waals surface area contributed by atoms with Crippen molar-refractivity contribution in [3.63, 3.8) is 0 Å². The van der Waals surface area contributed by atoms with Crippen molar-refractivity contribution < 1.29 is 4.79 Å². The first kappa shape index (κ1) is 13.6. The molecule has 2 nitrogen and oxygen atoms in total. The maximum absolute atomic E-state index is 10.5. The van der Waals surface area contributed by atoms with Crippen LogP contribution in [0.5, 0.6) is 0 Å². The topological polar surface area (TPSA) is 43.1 Å². The van der Waals surface area contributed by atoms with Gasteiger partial charge in [0.1, 0.15) is 0 Å². The molecular weight excluding hydrogens is 268 g/mol. The van der Waals surface area contributed by atoms with Crippen LogP contribution < -0.4 is 5.73 Å². The van der Waals surface area contributed by atoms with Gasteiger partial charge in [0.25, 0.3) is 0 Å². The van der Waals surface area contributed by atoms with Crippen LogP contribution in [0.15, 0.2) is 12.1 Å². The predicted octanol–water partition coefficient (Wildman–Crippen LogP) is 3.84. The molecule has 16 heavy (non-hydrogen) atoms.